The van der Waals surface area contributed by atoms with Gasteiger partial charge >= 0.3 is 0 Å². The van der Waals surface area contributed by atoms with Gasteiger partial charge in [0.05, 0.1) is 18.6 Å². The van der Waals surface area contributed by atoms with Crippen LogP contribution in [0.25, 0.3) is 0 Å². The number of carbonyl (C=O) groups excluding carboxylic acids is 1. The molecule has 1 unspecified atom stereocenters. The van der Waals surface area contributed by atoms with Gasteiger partial charge in [-0.25, -0.2) is 5.84 Å². The molecule has 116 valence electrons. The Balaban J connectivity index is 2.28. The Bertz CT molecular complexity index is 511. The molecule has 1 amide bonds. The molecule has 2 atom stereocenters. The molecule has 2 rings (SSSR count). The van der Waals surface area contributed by atoms with Crippen molar-refractivity contribution in [2.75, 3.05) is 0 Å². The number of carbonyl (C=O) groups is 1. The third kappa shape index (κ3) is 3.20. The summed E-state index contributed by atoms with van der Waals surface area (Å²) in [6, 6.07) is 9.72. The molecule has 0 bridgehead atoms. The van der Waals surface area contributed by atoms with Crippen molar-refractivity contribution in [2.24, 2.45) is 5.84 Å². The average molecular weight is 306 g/mol. The largest absolute Gasteiger partial charge is 0.411 e. The maximum Gasteiger partial charge on any atom is 0.239 e. The molecule has 21 heavy (non-hydrogen) atoms. The summed E-state index contributed by atoms with van der Waals surface area (Å²) in [5, 5.41) is 1.45. The lowest BCUT2D eigenvalue weighted by molar-refractivity contribution is -0.129. The van der Waals surface area contributed by atoms with Crippen molar-refractivity contribution in [3.63, 3.8) is 0 Å². The molecule has 0 spiro atoms. The van der Waals surface area contributed by atoms with Crippen LogP contribution in [0.1, 0.15) is 38.8 Å². The number of hydrazine groups is 1. The molecule has 0 radical (unpaired) electrons. The minimum Gasteiger partial charge on any atom is -0.411 e. The zero-order valence-electron chi connectivity index (χ0n) is 13.6. The smallest absolute Gasteiger partial charge is 0.239 e. The van der Waals surface area contributed by atoms with Crippen molar-refractivity contribution in [1.29, 1.82) is 0 Å². The van der Waals surface area contributed by atoms with Crippen molar-refractivity contribution in [2.45, 2.75) is 57.5 Å². The monoisotopic (exact) mass is 306 g/mol. The highest BCUT2D eigenvalue weighted by Gasteiger charge is 2.46. The second kappa shape index (κ2) is 5.55. The number of rotatable bonds is 3. The van der Waals surface area contributed by atoms with E-state index in [0.717, 1.165) is 5.56 Å². The van der Waals surface area contributed by atoms with Crippen molar-refractivity contribution < 1.29 is 9.22 Å². The fourth-order valence-corrected chi connectivity index (χ4v) is 3.73. The van der Waals surface area contributed by atoms with Gasteiger partial charge in [0.1, 0.15) is 0 Å². The normalized spacial score (nSPS) is 23.7. The second-order valence-corrected chi connectivity index (χ2v) is 12.0. The van der Waals surface area contributed by atoms with E-state index in [-0.39, 0.29) is 23.1 Å². The Morgan fingerprint density at radius 1 is 1.24 bits per heavy atom. The number of nitrogens with two attached hydrogens (primary N) is 1. The number of amides is 1. The summed E-state index contributed by atoms with van der Waals surface area (Å²) >= 11 is 0. The minimum absolute atomic E-state index is 0.0486. The van der Waals surface area contributed by atoms with Crippen molar-refractivity contribution in [1.82, 2.24) is 5.01 Å². The first-order valence-corrected chi connectivity index (χ1v) is 10.3. The van der Waals surface area contributed by atoms with Crippen LogP contribution < -0.4 is 5.84 Å². The Hall–Kier alpha value is -1.17. The zero-order valence-corrected chi connectivity index (χ0v) is 14.6. The third-order valence-electron chi connectivity index (χ3n) is 4.71. The lowest BCUT2D eigenvalue weighted by Gasteiger charge is -2.40. The molecular formula is C16H26N2O2Si. The highest BCUT2D eigenvalue weighted by molar-refractivity contribution is 6.74. The molecule has 0 aliphatic carbocycles. The van der Waals surface area contributed by atoms with E-state index >= 15 is 0 Å². The molecule has 0 saturated carbocycles. The summed E-state index contributed by atoms with van der Waals surface area (Å²) in [5.41, 5.74) is 1.04. The number of hydrogen-bond donors (Lipinski definition) is 1. The van der Waals surface area contributed by atoms with Gasteiger partial charge in [-0.05, 0) is 23.7 Å². The number of hydrogen-bond acceptors (Lipinski definition) is 3. The molecular weight excluding hydrogens is 280 g/mol. The van der Waals surface area contributed by atoms with Crippen LogP contribution in [-0.4, -0.2) is 25.3 Å². The van der Waals surface area contributed by atoms with E-state index in [2.05, 4.69) is 33.9 Å². The predicted molar refractivity (Wildman–Crippen MR) is 86.9 cm³/mol. The Morgan fingerprint density at radius 2 is 1.81 bits per heavy atom. The van der Waals surface area contributed by atoms with Crippen molar-refractivity contribution in [3.05, 3.63) is 35.9 Å². The standard InChI is InChI=1S/C16H26N2O2Si/c1-16(2,3)21(4,5)20-13-11-14(19)18(17)15(13)12-9-7-6-8-10-12/h6-10,13,15H,11,17H2,1-5H3/t13?,15-/m1/s1. The third-order valence-corrected chi connectivity index (χ3v) is 9.21. The van der Waals surface area contributed by atoms with Gasteiger partial charge in [0.15, 0.2) is 8.32 Å². The summed E-state index contributed by atoms with van der Waals surface area (Å²) < 4.78 is 6.47. The minimum atomic E-state index is -1.94. The Morgan fingerprint density at radius 3 is 2.33 bits per heavy atom. The lowest BCUT2D eigenvalue weighted by Crippen LogP contribution is -2.46. The van der Waals surface area contributed by atoms with E-state index in [0.29, 0.717) is 6.42 Å². The molecule has 5 heteroatoms. The molecule has 2 N–H and O–H groups in total. The molecule has 1 heterocycles. The summed E-state index contributed by atoms with van der Waals surface area (Å²) in [6.07, 6.45) is 0.202. The van der Waals surface area contributed by atoms with E-state index < -0.39 is 8.32 Å². The second-order valence-electron chi connectivity index (χ2n) is 7.28. The molecule has 1 saturated heterocycles. The number of benzene rings is 1. The lowest BCUT2D eigenvalue weighted by atomic mass is 10.0. The highest BCUT2D eigenvalue weighted by Crippen LogP contribution is 2.42. The van der Waals surface area contributed by atoms with Crippen LogP contribution in [0, 0.1) is 0 Å². The van der Waals surface area contributed by atoms with Crippen LogP contribution in [0.5, 0.6) is 0 Å². The molecule has 1 aliphatic rings. The average Bonchev–Trinajstić information content (AvgIpc) is 2.64. The van der Waals surface area contributed by atoms with E-state index in [4.69, 9.17) is 10.3 Å². The van der Waals surface area contributed by atoms with E-state index in [1.807, 2.05) is 30.3 Å². The van der Waals surface area contributed by atoms with Crippen LogP contribution in [0.15, 0.2) is 30.3 Å². The van der Waals surface area contributed by atoms with Crippen molar-refractivity contribution in [3.8, 4) is 0 Å². The first kappa shape index (κ1) is 16.2. The van der Waals surface area contributed by atoms with E-state index in [9.17, 15) is 4.79 Å². The van der Waals surface area contributed by atoms with Crippen LogP contribution in [-0.2, 0) is 9.22 Å². The fraction of sp³-hybridized carbons (Fsp3) is 0.562. The van der Waals surface area contributed by atoms with Gasteiger partial charge < -0.3 is 4.43 Å². The number of nitrogens with zero attached hydrogens (tertiary/aromatic N) is 1. The summed E-state index contributed by atoms with van der Waals surface area (Å²) in [6.45, 7) is 11.0. The van der Waals surface area contributed by atoms with E-state index in [1.54, 1.807) is 0 Å². The van der Waals surface area contributed by atoms with Gasteiger partial charge in [-0.3, -0.25) is 9.80 Å². The first-order valence-electron chi connectivity index (χ1n) is 7.43. The van der Waals surface area contributed by atoms with E-state index in [1.165, 1.54) is 5.01 Å². The summed E-state index contributed by atoms with van der Waals surface area (Å²) in [5.74, 6) is 5.94. The van der Waals surface area contributed by atoms with Crippen LogP contribution in [0.3, 0.4) is 0 Å². The predicted octanol–water partition coefficient (Wildman–Crippen LogP) is 3.22. The van der Waals surface area contributed by atoms with Crippen LogP contribution >= 0.6 is 0 Å². The van der Waals surface area contributed by atoms with Crippen LogP contribution in [0.4, 0.5) is 0 Å². The van der Waals surface area contributed by atoms with Gasteiger partial charge in [0, 0.05) is 0 Å². The zero-order chi connectivity index (χ0) is 15.8. The molecule has 1 aliphatic heterocycles. The van der Waals surface area contributed by atoms with Crippen molar-refractivity contribution >= 4 is 14.2 Å². The summed E-state index contributed by atoms with van der Waals surface area (Å²) in [4.78, 5) is 12.0. The van der Waals surface area contributed by atoms with Gasteiger partial charge in [-0.15, -0.1) is 0 Å². The maximum atomic E-state index is 12.0. The van der Waals surface area contributed by atoms with Gasteiger partial charge in [0.2, 0.25) is 5.91 Å². The van der Waals surface area contributed by atoms with Crippen LogP contribution in [0.2, 0.25) is 18.1 Å². The molecule has 1 fully saturated rings. The van der Waals surface area contributed by atoms with Gasteiger partial charge in [-0.1, -0.05) is 51.1 Å². The SMILES string of the molecule is CC(C)(C)[Si](C)(C)OC1CC(=O)N(N)[C@@H]1c1ccccc1. The van der Waals surface area contributed by atoms with Gasteiger partial charge in [-0.2, -0.15) is 0 Å². The summed E-state index contributed by atoms with van der Waals surface area (Å²) in [7, 11) is -1.94. The van der Waals surface area contributed by atoms with Gasteiger partial charge in [0.25, 0.3) is 0 Å². The quantitative estimate of drug-likeness (QED) is 0.530. The Labute approximate surface area is 128 Å². The molecule has 1 aromatic carbocycles. The molecule has 4 nitrogen and oxygen atoms in total. The first-order chi connectivity index (χ1) is 9.63. The Kier molecular flexibility index (Phi) is 4.28. The highest BCUT2D eigenvalue weighted by atomic mass is 28.4. The topological polar surface area (TPSA) is 55.6 Å². The fourth-order valence-electron chi connectivity index (χ4n) is 2.41. The maximum absolute atomic E-state index is 12.0. The molecule has 1 aromatic rings. The molecule has 0 aromatic heterocycles.